The van der Waals surface area contributed by atoms with Crippen molar-refractivity contribution in [1.82, 2.24) is 4.98 Å². The molecule has 0 unspecified atom stereocenters. The highest BCUT2D eigenvalue weighted by Crippen LogP contribution is 2.30. The number of aromatic nitrogens is 1. The third kappa shape index (κ3) is 4.83. The number of thiazole rings is 1. The van der Waals surface area contributed by atoms with E-state index in [0.29, 0.717) is 17.5 Å². The number of piperidine rings is 1. The Balaban J connectivity index is 0.00000242. The molecule has 7 heteroatoms. The Hall–Kier alpha value is -0.850. The lowest BCUT2D eigenvalue weighted by atomic mass is 10.1. The van der Waals surface area contributed by atoms with E-state index in [2.05, 4.69) is 11.8 Å². The van der Waals surface area contributed by atoms with E-state index in [4.69, 9.17) is 15.5 Å². The molecule has 2 heterocycles. The number of unbranched alkanes of at least 4 members (excludes halogenated alkanes) is 1. The van der Waals surface area contributed by atoms with Gasteiger partial charge in [-0.05, 0) is 32.6 Å². The molecule has 0 saturated carbocycles. The number of hydrogen-bond acceptors (Lipinski definition) is 6. The van der Waals surface area contributed by atoms with Crippen LogP contribution in [0.25, 0.3) is 0 Å². The molecular weight excluding hydrogens is 322 g/mol. The summed E-state index contributed by atoms with van der Waals surface area (Å²) < 4.78 is 5.16. The molecule has 1 aliphatic rings. The summed E-state index contributed by atoms with van der Waals surface area (Å²) in [6.07, 6.45) is 4.94. The number of rotatable bonds is 6. The predicted molar refractivity (Wildman–Crippen MR) is 93.4 cm³/mol. The lowest BCUT2D eigenvalue weighted by Crippen LogP contribution is -2.39. The number of carbonyl (C=O) groups is 1. The van der Waals surface area contributed by atoms with Crippen LogP contribution in [0.4, 0.5) is 5.13 Å². The number of nitrogens with two attached hydrogens (primary N) is 1. The van der Waals surface area contributed by atoms with E-state index >= 15 is 0 Å². The Morgan fingerprint density at radius 2 is 2.09 bits per heavy atom. The van der Waals surface area contributed by atoms with Crippen molar-refractivity contribution in [2.75, 3.05) is 24.6 Å². The van der Waals surface area contributed by atoms with Crippen LogP contribution in [0.3, 0.4) is 0 Å². The van der Waals surface area contributed by atoms with Crippen LogP contribution in [0.1, 0.15) is 54.9 Å². The zero-order valence-corrected chi connectivity index (χ0v) is 15.0. The van der Waals surface area contributed by atoms with Crippen LogP contribution in [0.15, 0.2) is 0 Å². The summed E-state index contributed by atoms with van der Waals surface area (Å²) >= 11 is 1.47. The summed E-state index contributed by atoms with van der Waals surface area (Å²) in [6, 6.07) is 0.297. The lowest BCUT2D eigenvalue weighted by molar-refractivity contribution is 0.0530. The minimum atomic E-state index is -0.235. The minimum absolute atomic E-state index is 0. The highest BCUT2D eigenvalue weighted by atomic mass is 35.5. The number of carbonyl (C=O) groups excluding carboxylic acids is 1. The number of halogens is 1. The third-order valence-electron chi connectivity index (χ3n) is 3.72. The maximum atomic E-state index is 12.1. The number of esters is 1. The standard InChI is InChI=1S/C15H25N3O2S.ClH/c1-3-5-6-12-13(14(19)20-4-2)21-15(17-12)18-9-7-11(16)8-10-18;/h11H,3-10,16H2,1-2H3;1H. The molecule has 1 aromatic heterocycles. The summed E-state index contributed by atoms with van der Waals surface area (Å²) in [7, 11) is 0. The molecular formula is C15H26ClN3O2S. The number of nitrogens with zero attached hydrogens (tertiary/aromatic N) is 2. The molecule has 1 saturated heterocycles. The van der Waals surface area contributed by atoms with E-state index in [1.165, 1.54) is 11.3 Å². The van der Waals surface area contributed by atoms with E-state index in [9.17, 15) is 4.79 Å². The molecule has 22 heavy (non-hydrogen) atoms. The normalized spacial score (nSPS) is 15.5. The van der Waals surface area contributed by atoms with E-state index in [1.54, 1.807) is 0 Å². The lowest BCUT2D eigenvalue weighted by Gasteiger charge is -2.29. The Bertz CT molecular complexity index is 473. The maximum Gasteiger partial charge on any atom is 0.350 e. The van der Waals surface area contributed by atoms with E-state index in [0.717, 1.165) is 56.0 Å². The summed E-state index contributed by atoms with van der Waals surface area (Å²) in [5.74, 6) is -0.235. The van der Waals surface area contributed by atoms with Crippen LogP contribution in [0, 0.1) is 0 Å². The molecule has 0 aromatic carbocycles. The minimum Gasteiger partial charge on any atom is -0.462 e. The molecule has 0 spiro atoms. The van der Waals surface area contributed by atoms with Crippen LogP contribution in [-0.4, -0.2) is 36.7 Å². The number of aryl methyl sites for hydroxylation is 1. The van der Waals surface area contributed by atoms with Gasteiger partial charge in [0.05, 0.1) is 12.3 Å². The van der Waals surface area contributed by atoms with Crippen LogP contribution >= 0.6 is 23.7 Å². The van der Waals surface area contributed by atoms with Crippen LogP contribution < -0.4 is 10.6 Å². The molecule has 2 N–H and O–H groups in total. The molecule has 0 atom stereocenters. The highest BCUT2D eigenvalue weighted by molar-refractivity contribution is 7.17. The highest BCUT2D eigenvalue weighted by Gasteiger charge is 2.24. The summed E-state index contributed by atoms with van der Waals surface area (Å²) in [4.78, 5) is 19.7. The summed E-state index contributed by atoms with van der Waals surface area (Å²) in [6.45, 7) is 6.22. The van der Waals surface area contributed by atoms with Crippen LogP contribution in [-0.2, 0) is 11.2 Å². The molecule has 0 bridgehead atoms. The zero-order valence-electron chi connectivity index (χ0n) is 13.3. The van der Waals surface area contributed by atoms with Crippen molar-refractivity contribution in [2.45, 2.75) is 52.0 Å². The largest absolute Gasteiger partial charge is 0.462 e. The fraction of sp³-hybridized carbons (Fsp3) is 0.733. The third-order valence-corrected chi connectivity index (χ3v) is 4.86. The molecule has 126 valence electrons. The van der Waals surface area contributed by atoms with Gasteiger partial charge < -0.3 is 15.4 Å². The van der Waals surface area contributed by atoms with Gasteiger partial charge in [-0.3, -0.25) is 0 Å². The van der Waals surface area contributed by atoms with Gasteiger partial charge in [-0.25, -0.2) is 9.78 Å². The molecule has 2 rings (SSSR count). The van der Waals surface area contributed by atoms with Crippen LogP contribution in [0.5, 0.6) is 0 Å². The second-order valence-corrected chi connectivity index (χ2v) is 6.40. The molecule has 5 nitrogen and oxygen atoms in total. The van der Waals surface area contributed by atoms with Gasteiger partial charge in [0.1, 0.15) is 4.88 Å². The first-order chi connectivity index (χ1) is 10.2. The van der Waals surface area contributed by atoms with Crippen LogP contribution in [0.2, 0.25) is 0 Å². The maximum absolute atomic E-state index is 12.1. The van der Waals surface area contributed by atoms with E-state index < -0.39 is 0 Å². The van der Waals surface area contributed by atoms with Gasteiger partial charge in [0.15, 0.2) is 5.13 Å². The van der Waals surface area contributed by atoms with Gasteiger partial charge in [-0.1, -0.05) is 24.7 Å². The van der Waals surface area contributed by atoms with Crippen molar-refractivity contribution in [1.29, 1.82) is 0 Å². The molecule has 0 radical (unpaired) electrons. The molecule has 0 aliphatic carbocycles. The van der Waals surface area contributed by atoms with E-state index in [1.807, 2.05) is 6.92 Å². The first-order valence-corrected chi connectivity index (χ1v) is 8.64. The fourth-order valence-corrected chi connectivity index (χ4v) is 3.49. The van der Waals surface area contributed by atoms with Crippen molar-refractivity contribution >= 4 is 34.8 Å². The monoisotopic (exact) mass is 347 g/mol. The smallest absolute Gasteiger partial charge is 0.350 e. The Morgan fingerprint density at radius 3 is 2.68 bits per heavy atom. The Kier molecular flexibility index (Phi) is 8.14. The van der Waals surface area contributed by atoms with Crippen molar-refractivity contribution in [3.63, 3.8) is 0 Å². The quantitative estimate of drug-likeness (QED) is 0.801. The molecule has 1 fully saturated rings. The van der Waals surface area contributed by atoms with Gasteiger partial charge >= 0.3 is 5.97 Å². The first kappa shape index (κ1) is 19.2. The predicted octanol–water partition coefficient (Wildman–Crippen LogP) is 3.01. The topological polar surface area (TPSA) is 68.5 Å². The molecule has 0 amide bonds. The Labute approximate surface area is 142 Å². The number of hydrogen-bond donors (Lipinski definition) is 1. The second kappa shape index (κ2) is 9.33. The average molecular weight is 348 g/mol. The molecule has 1 aromatic rings. The SMILES string of the molecule is CCCCc1nc(N2CCC(N)CC2)sc1C(=O)OCC.Cl. The van der Waals surface area contributed by atoms with Gasteiger partial charge in [0.25, 0.3) is 0 Å². The fourth-order valence-electron chi connectivity index (χ4n) is 2.44. The second-order valence-electron chi connectivity index (χ2n) is 5.42. The van der Waals surface area contributed by atoms with Gasteiger partial charge in [-0.2, -0.15) is 0 Å². The zero-order chi connectivity index (χ0) is 15.2. The van der Waals surface area contributed by atoms with Gasteiger partial charge in [0.2, 0.25) is 0 Å². The number of anilines is 1. The Morgan fingerprint density at radius 1 is 1.41 bits per heavy atom. The van der Waals surface area contributed by atoms with Crippen molar-refractivity contribution in [3.05, 3.63) is 10.6 Å². The summed E-state index contributed by atoms with van der Waals surface area (Å²) in [5, 5.41) is 0.941. The average Bonchev–Trinajstić information content (AvgIpc) is 2.90. The van der Waals surface area contributed by atoms with Crippen molar-refractivity contribution in [3.8, 4) is 0 Å². The van der Waals surface area contributed by atoms with Gasteiger partial charge in [0, 0.05) is 19.1 Å². The van der Waals surface area contributed by atoms with Crippen molar-refractivity contribution < 1.29 is 9.53 Å². The van der Waals surface area contributed by atoms with Gasteiger partial charge in [-0.15, -0.1) is 12.4 Å². The molecule has 1 aliphatic heterocycles. The number of ether oxygens (including phenoxy) is 1. The van der Waals surface area contributed by atoms with Crippen molar-refractivity contribution in [2.24, 2.45) is 5.73 Å². The van der Waals surface area contributed by atoms with E-state index in [-0.39, 0.29) is 18.4 Å². The summed E-state index contributed by atoms with van der Waals surface area (Å²) in [5.41, 5.74) is 6.84. The first-order valence-electron chi connectivity index (χ1n) is 7.83.